The van der Waals surface area contributed by atoms with Crippen molar-refractivity contribution < 1.29 is 0 Å². The maximum Gasteiger partial charge on any atom is 0.0607 e. The highest BCUT2D eigenvalue weighted by molar-refractivity contribution is 5.36. The van der Waals surface area contributed by atoms with Gasteiger partial charge in [0.1, 0.15) is 0 Å². The number of nitrogens with zero attached hydrogens (tertiary/aromatic N) is 1. The van der Waals surface area contributed by atoms with Gasteiger partial charge in [0.2, 0.25) is 0 Å². The van der Waals surface area contributed by atoms with Crippen LogP contribution < -0.4 is 0 Å². The summed E-state index contributed by atoms with van der Waals surface area (Å²) in [6.07, 6.45) is 0. The van der Waals surface area contributed by atoms with Gasteiger partial charge in [-0.1, -0.05) is 84.9 Å². The Hall–Kier alpha value is -2.38. The summed E-state index contributed by atoms with van der Waals surface area (Å²) in [4.78, 5) is 2.56. The molecule has 0 atom stereocenters. The molecule has 0 saturated heterocycles. The Bertz CT molecular complexity index is 685. The van der Waals surface area contributed by atoms with Gasteiger partial charge >= 0.3 is 0 Å². The Kier molecular flexibility index (Phi) is 3.49. The van der Waals surface area contributed by atoms with Gasteiger partial charge in [0, 0.05) is 13.1 Å². The summed E-state index contributed by atoms with van der Waals surface area (Å²) >= 11 is 0. The van der Waals surface area contributed by atoms with E-state index in [0.29, 0.717) is 6.04 Å². The van der Waals surface area contributed by atoms with Crippen molar-refractivity contribution in [1.29, 1.82) is 0 Å². The molecule has 0 radical (unpaired) electrons. The van der Waals surface area contributed by atoms with Crippen LogP contribution in [0.25, 0.3) is 0 Å². The summed E-state index contributed by atoms with van der Waals surface area (Å²) in [6.45, 7) is 2.04. The van der Waals surface area contributed by atoms with Crippen molar-refractivity contribution in [2.75, 3.05) is 0 Å². The molecule has 1 heteroatoms. The standard InChI is InChI=1S/C21H19N/c1-3-9-17(10-4-1)21(18-11-5-2-6-12-18)22-15-19-13-7-8-14-20(19)16-22/h1-14,21H,15-16H2. The van der Waals surface area contributed by atoms with E-state index in [1.165, 1.54) is 22.3 Å². The molecule has 0 unspecified atom stereocenters. The van der Waals surface area contributed by atoms with Gasteiger partial charge < -0.3 is 0 Å². The molecule has 1 aliphatic rings. The monoisotopic (exact) mass is 285 g/mol. The lowest BCUT2D eigenvalue weighted by atomic mass is 9.97. The molecule has 108 valence electrons. The maximum atomic E-state index is 2.56. The van der Waals surface area contributed by atoms with E-state index >= 15 is 0 Å². The normalized spacial score (nSPS) is 14.2. The first-order valence-corrected chi connectivity index (χ1v) is 7.82. The Morgan fingerprint density at radius 3 is 1.41 bits per heavy atom. The second-order valence-electron chi connectivity index (χ2n) is 5.90. The molecular formula is C21H19N. The molecule has 0 spiro atoms. The summed E-state index contributed by atoms with van der Waals surface area (Å²) in [6, 6.07) is 30.8. The summed E-state index contributed by atoms with van der Waals surface area (Å²) in [5.74, 6) is 0. The van der Waals surface area contributed by atoms with Crippen LogP contribution >= 0.6 is 0 Å². The van der Waals surface area contributed by atoms with Crippen molar-refractivity contribution in [3.63, 3.8) is 0 Å². The lowest BCUT2D eigenvalue weighted by Gasteiger charge is -2.28. The molecule has 0 bridgehead atoms. The molecule has 4 rings (SSSR count). The Morgan fingerprint density at radius 2 is 0.955 bits per heavy atom. The number of fused-ring (bicyclic) bond motifs is 1. The van der Waals surface area contributed by atoms with Gasteiger partial charge in [-0.2, -0.15) is 0 Å². The Balaban J connectivity index is 1.74. The molecule has 3 aromatic carbocycles. The van der Waals surface area contributed by atoms with Crippen molar-refractivity contribution in [2.45, 2.75) is 19.1 Å². The number of rotatable bonds is 3. The first kappa shape index (κ1) is 13.3. The van der Waals surface area contributed by atoms with Gasteiger partial charge in [-0.15, -0.1) is 0 Å². The topological polar surface area (TPSA) is 3.24 Å². The van der Waals surface area contributed by atoms with Crippen LogP contribution in [-0.4, -0.2) is 4.90 Å². The minimum atomic E-state index is 0.315. The quantitative estimate of drug-likeness (QED) is 0.668. The minimum Gasteiger partial charge on any atom is -0.284 e. The van der Waals surface area contributed by atoms with Crippen LogP contribution in [0, 0.1) is 0 Å². The smallest absolute Gasteiger partial charge is 0.0607 e. The lowest BCUT2D eigenvalue weighted by Crippen LogP contribution is -2.24. The third-order valence-corrected chi connectivity index (χ3v) is 4.46. The molecule has 0 aliphatic carbocycles. The molecule has 3 aromatic rings. The first-order chi connectivity index (χ1) is 10.9. The largest absolute Gasteiger partial charge is 0.284 e. The van der Waals surface area contributed by atoms with Gasteiger partial charge in [0.05, 0.1) is 6.04 Å². The van der Waals surface area contributed by atoms with Crippen molar-refractivity contribution in [3.8, 4) is 0 Å². The van der Waals surface area contributed by atoms with E-state index < -0.39 is 0 Å². The third-order valence-electron chi connectivity index (χ3n) is 4.46. The fourth-order valence-corrected chi connectivity index (χ4v) is 3.43. The highest BCUT2D eigenvalue weighted by Crippen LogP contribution is 2.35. The molecular weight excluding hydrogens is 266 g/mol. The van der Waals surface area contributed by atoms with E-state index in [-0.39, 0.29) is 0 Å². The SMILES string of the molecule is c1ccc(C(c2ccccc2)N2Cc3ccccc3C2)cc1. The fourth-order valence-electron chi connectivity index (χ4n) is 3.43. The zero-order valence-corrected chi connectivity index (χ0v) is 12.5. The summed E-state index contributed by atoms with van der Waals surface area (Å²) in [5.41, 5.74) is 5.64. The van der Waals surface area contributed by atoms with E-state index in [0.717, 1.165) is 13.1 Å². The highest BCUT2D eigenvalue weighted by Gasteiger charge is 2.27. The Morgan fingerprint density at radius 1 is 0.545 bits per heavy atom. The zero-order valence-electron chi connectivity index (χ0n) is 12.5. The van der Waals surface area contributed by atoms with Crippen LogP contribution in [0.2, 0.25) is 0 Å². The third kappa shape index (κ3) is 2.44. The van der Waals surface area contributed by atoms with E-state index in [9.17, 15) is 0 Å². The minimum absolute atomic E-state index is 0.315. The van der Waals surface area contributed by atoms with Crippen LogP contribution in [0.3, 0.4) is 0 Å². The van der Waals surface area contributed by atoms with Gasteiger partial charge in [-0.05, 0) is 22.3 Å². The molecule has 22 heavy (non-hydrogen) atoms. The average Bonchev–Trinajstić information content (AvgIpc) is 3.00. The predicted octanol–water partition coefficient (Wildman–Crippen LogP) is 4.79. The lowest BCUT2D eigenvalue weighted by molar-refractivity contribution is 0.231. The number of hydrogen-bond donors (Lipinski definition) is 0. The van der Waals surface area contributed by atoms with Gasteiger partial charge in [0.15, 0.2) is 0 Å². The molecule has 1 nitrogen and oxygen atoms in total. The molecule has 1 aliphatic heterocycles. The van der Waals surface area contributed by atoms with Crippen molar-refractivity contribution in [3.05, 3.63) is 107 Å². The van der Waals surface area contributed by atoms with E-state index in [1.54, 1.807) is 0 Å². The summed E-state index contributed by atoms with van der Waals surface area (Å²) in [7, 11) is 0. The second-order valence-corrected chi connectivity index (χ2v) is 5.90. The average molecular weight is 285 g/mol. The van der Waals surface area contributed by atoms with Crippen LogP contribution in [0.5, 0.6) is 0 Å². The van der Waals surface area contributed by atoms with Gasteiger partial charge in [-0.25, -0.2) is 0 Å². The van der Waals surface area contributed by atoms with Gasteiger partial charge in [-0.3, -0.25) is 4.90 Å². The van der Waals surface area contributed by atoms with E-state index in [2.05, 4.69) is 89.8 Å². The molecule has 0 aromatic heterocycles. The van der Waals surface area contributed by atoms with E-state index in [4.69, 9.17) is 0 Å². The molecule has 1 heterocycles. The number of hydrogen-bond acceptors (Lipinski definition) is 1. The van der Waals surface area contributed by atoms with Crippen LogP contribution in [0.1, 0.15) is 28.3 Å². The first-order valence-electron chi connectivity index (χ1n) is 7.82. The van der Waals surface area contributed by atoms with E-state index in [1.807, 2.05) is 0 Å². The number of benzene rings is 3. The second kappa shape index (κ2) is 5.78. The van der Waals surface area contributed by atoms with Crippen LogP contribution in [-0.2, 0) is 13.1 Å². The molecule has 0 fully saturated rings. The fraction of sp³-hybridized carbons (Fsp3) is 0.143. The van der Waals surface area contributed by atoms with Crippen LogP contribution in [0.15, 0.2) is 84.9 Å². The van der Waals surface area contributed by atoms with Gasteiger partial charge in [0.25, 0.3) is 0 Å². The van der Waals surface area contributed by atoms with Crippen molar-refractivity contribution in [1.82, 2.24) is 4.90 Å². The zero-order chi connectivity index (χ0) is 14.8. The predicted molar refractivity (Wildman–Crippen MR) is 90.4 cm³/mol. The van der Waals surface area contributed by atoms with Crippen molar-refractivity contribution >= 4 is 0 Å². The molecule has 0 N–H and O–H groups in total. The molecule has 0 saturated carbocycles. The maximum absolute atomic E-state index is 2.56. The van der Waals surface area contributed by atoms with Crippen molar-refractivity contribution in [2.24, 2.45) is 0 Å². The van der Waals surface area contributed by atoms with Crippen LogP contribution in [0.4, 0.5) is 0 Å². The summed E-state index contributed by atoms with van der Waals surface area (Å²) < 4.78 is 0. The Labute approximate surface area is 131 Å². The molecule has 0 amide bonds. The highest BCUT2D eigenvalue weighted by atomic mass is 15.2. The summed E-state index contributed by atoms with van der Waals surface area (Å²) in [5, 5.41) is 0.